The Morgan fingerprint density at radius 2 is 1.48 bits per heavy atom. The predicted octanol–water partition coefficient (Wildman–Crippen LogP) is 10.5. The number of amides is 4. The normalized spacial score (nSPS) is 13.2. The molecule has 1 aliphatic rings. The molecule has 0 spiro atoms. The fourth-order valence-electron chi connectivity index (χ4n) is 10.5. The van der Waals surface area contributed by atoms with Gasteiger partial charge in [-0.25, -0.2) is 33.9 Å². The predicted molar refractivity (Wildman–Crippen MR) is 368 cm³/mol. The molecule has 0 radical (unpaired) electrons. The van der Waals surface area contributed by atoms with Gasteiger partial charge in [-0.1, -0.05) is 91.2 Å². The number of nitrogens with zero attached hydrogens (tertiary/aromatic N) is 9. The summed E-state index contributed by atoms with van der Waals surface area (Å²) in [6, 6.07) is 30.8. The number of piperazine rings is 1. The molecule has 4 heterocycles. The molecule has 3 atom stereocenters. The number of para-hydroxylation sites is 2. The Balaban J connectivity index is 0.747. The van der Waals surface area contributed by atoms with E-state index in [1.165, 1.54) is 36.7 Å². The van der Waals surface area contributed by atoms with E-state index in [9.17, 15) is 33.5 Å². The van der Waals surface area contributed by atoms with Gasteiger partial charge in [0.25, 0.3) is 0 Å². The second-order valence-electron chi connectivity index (χ2n) is 23.0. The van der Waals surface area contributed by atoms with Gasteiger partial charge >= 0.3 is 12.1 Å². The summed E-state index contributed by atoms with van der Waals surface area (Å²) in [5.41, 5.74) is 13.8. The standard InChI is InChI=1S/C70H76ClFN12O14S/c1-43(2)62(81-58(85)41-94-37-36-93-35-34-92-32-26-77-82-73)66(87)78-45(4)65(86)80-50-20-14-46(15-21-50)39-97-70(90)84-29-27-83(28-30-84)31-33-95-56-23-22-52(44(3)61(56)71)59-60-67(75-42-76-68(60)99-63(59)47-16-18-49(72)19-17-47)98-57(69(88)89)38-48-10-6-8-12-54(48)96-40-51-24-25-74-64(79-51)53-11-7-9-13-55(53)91-5/h6-25,42-43,45,57,62H,26-41H2,1-5H3,(H,78,87)(H,80,86)(H,81,85)(H,88,89)/t45-,57+,62-/m0/s1. The number of aromatic nitrogens is 4. The maximum Gasteiger partial charge on any atom is 0.410 e. The summed E-state index contributed by atoms with van der Waals surface area (Å²) in [4.78, 5) is 91.3. The number of thiophene rings is 1. The van der Waals surface area contributed by atoms with Gasteiger partial charge in [-0.3, -0.25) is 19.3 Å². The van der Waals surface area contributed by atoms with Crippen molar-refractivity contribution >= 4 is 68.6 Å². The highest BCUT2D eigenvalue weighted by Gasteiger charge is 2.31. The van der Waals surface area contributed by atoms with Crippen LogP contribution in [0.3, 0.4) is 0 Å². The molecule has 99 heavy (non-hydrogen) atoms. The lowest BCUT2D eigenvalue weighted by molar-refractivity contribution is -0.145. The number of benzene rings is 5. The number of fused-ring (bicyclic) bond motifs is 1. The quantitative estimate of drug-likeness (QED) is 0.0124. The number of hydrogen-bond acceptors (Lipinski definition) is 20. The van der Waals surface area contributed by atoms with E-state index < -0.39 is 53.8 Å². The topological polar surface area (TPSA) is 322 Å². The first kappa shape index (κ1) is 73.2. The third-order valence-corrected chi connectivity index (χ3v) is 17.4. The Morgan fingerprint density at radius 3 is 2.21 bits per heavy atom. The van der Waals surface area contributed by atoms with Crippen LogP contribution in [0.1, 0.15) is 43.2 Å². The maximum absolute atomic E-state index is 14.4. The van der Waals surface area contributed by atoms with E-state index >= 15 is 0 Å². The Labute approximate surface area is 579 Å². The highest BCUT2D eigenvalue weighted by Crippen LogP contribution is 2.49. The number of carboxylic acid groups (broad SMARTS) is 1. The highest BCUT2D eigenvalue weighted by atomic mass is 35.5. The van der Waals surface area contributed by atoms with Crippen LogP contribution < -0.4 is 34.9 Å². The third-order valence-electron chi connectivity index (χ3n) is 15.8. The number of aliphatic carboxylic acids is 1. The average molecular weight is 1400 g/mol. The molecule has 4 amide bonds. The van der Waals surface area contributed by atoms with Crippen LogP contribution in [0.2, 0.25) is 5.02 Å². The van der Waals surface area contributed by atoms with Gasteiger partial charge in [0, 0.05) is 72.9 Å². The lowest BCUT2D eigenvalue weighted by Crippen LogP contribution is -2.54. The van der Waals surface area contributed by atoms with E-state index in [1.54, 1.807) is 105 Å². The smallest absolute Gasteiger partial charge is 0.410 e. The summed E-state index contributed by atoms with van der Waals surface area (Å²) in [5, 5.41) is 23.0. The minimum atomic E-state index is -1.45. The summed E-state index contributed by atoms with van der Waals surface area (Å²) in [5.74, 6) is -1.57. The molecule has 0 aliphatic carbocycles. The average Bonchev–Trinajstić information content (AvgIpc) is 1.61. The Kier molecular flexibility index (Phi) is 27.0. The molecular formula is C70H76ClFN12O14S. The second-order valence-corrected chi connectivity index (χ2v) is 24.4. The van der Waals surface area contributed by atoms with Crippen molar-refractivity contribution in [2.24, 2.45) is 11.0 Å². The number of carboxylic acids is 1. The molecule has 3 aromatic heterocycles. The zero-order chi connectivity index (χ0) is 70.2. The van der Waals surface area contributed by atoms with E-state index in [2.05, 4.69) is 45.8 Å². The maximum atomic E-state index is 14.4. The fraction of sp³-hybridized carbons (Fsp3) is 0.357. The highest BCUT2D eigenvalue weighted by molar-refractivity contribution is 7.22. The van der Waals surface area contributed by atoms with Crippen LogP contribution in [0, 0.1) is 18.7 Å². The van der Waals surface area contributed by atoms with Crippen LogP contribution in [-0.2, 0) is 57.8 Å². The van der Waals surface area contributed by atoms with Crippen molar-refractivity contribution in [3.8, 4) is 56.1 Å². The van der Waals surface area contributed by atoms with Gasteiger partial charge in [-0.05, 0) is 108 Å². The second kappa shape index (κ2) is 36.5. The number of hydrogen-bond donors (Lipinski definition) is 4. The number of carbonyl (C=O) groups excluding carboxylic acids is 4. The van der Waals surface area contributed by atoms with Crippen LogP contribution in [0.15, 0.2) is 133 Å². The number of azide groups is 1. The molecule has 1 fully saturated rings. The van der Waals surface area contributed by atoms with Crippen LogP contribution in [0.5, 0.6) is 23.1 Å². The van der Waals surface area contributed by atoms with Gasteiger partial charge in [-0.15, -0.1) is 11.3 Å². The number of methoxy groups -OCH3 is 1. The lowest BCUT2D eigenvalue weighted by atomic mass is 9.96. The molecule has 0 unspecified atom stereocenters. The van der Waals surface area contributed by atoms with Crippen molar-refractivity contribution < 1.29 is 71.4 Å². The summed E-state index contributed by atoms with van der Waals surface area (Å²) >= 11 is 8.49. The zero-order valence-corrected chi connectivity index (χ0v) is 56.8. The van der Waals surface area contributed by atoms with Crippen LogP contribution in [0.25, 0.3) is 53.6 Å². The molecule has 9 rings (SSSR count). The van der Waals surface area contributed by atoms with E-state index in [4.69, 9.17) is 60.0 Å². The number of rotatable bonds is 35. The van der Waals surface area contributed by atoms with E-state index in [0.29, 0.717) is 139 Å². The minimum Gasteiger partial charge on any atom is -0.496 e. The molecule has 1 saturated heterocycles. The Bertz CT molecular complexity index is 4120. The monoisotopic (exact) mass is 1390 g/mol. The van der Waals surface area contributed by atoms with Gasteiger partial charge in [0.05, 0.1) is 61.8 Å². The van der Waals surface area contributed by atoms with E-state index in [1.807, 2.05) is 37.3 Å². The molecule has 0 saturated carbocycles. The Morgan fingerprint density at radius 1 is 0.768 bits per heavy atom. The summed E-state index contributed by atoms with van der Waals surface area (Å²) < 4.78 is 60.6. The lowest BCUT2D eigenvalue weighted by Gasteiger charge is -2.34. The fourth-order valence-corrected chi connectivity index (χ4v) is 11.9. The molecule has 520 valence electrons. The largest absolute Gasteiger partial charge is 0.496 e. The molecule has 29 heteroatoms. The van der Waals surface area contributed by atoms with Crippen LogP contribution in [-0.4, -0.2) is 175 Å². The summed E-state index contributed by atoms with van der Waals surface area (Å²) in [7, 11) is 1.58. The van der Waals surface area contributed by atoms with Gasteiger partial charge in [0.2, 0.25) is 29.7 Å². The number of anilines is 1. The minimum absolute atomic E-state index is 0.0104. The SMILES string of the molecule is COc1ccccc1-c1nccc(COc2ccccc2C[C@@H](Oc2ncnc3sc(-c4ccc(F)cc4)c(-c4ccc(OCCN5CCN(C(=O)OCc6ccc(NC(=O)[C@H](C)NC(=O)[C@@H](NC(=O)COCCOCCOCCN=[N+]=[N-])C(C)C)cc6)CC5)c(Cl)c4C)c23)C(=O)O)n1. The first-order chi connectivity index (χ1) is 48.0. The van der Waals surface area contributed by atoms with Crippen molar-refractivity contribution in [1.82, 2.24) is 40.4 Å². The van der Waals surface area contributed by atoms with Crippen molar-refractivity contribution in [3.05, 3.63) is 171 Å². The zero-order valence-electron chi connectivity index (χ0n) is 55.2. The molecule has 8 aromatic rings. The van der Waals surface area contributed by atoms with Gasteiger partial charge < -0.3 is 63.9 Å². The Hall–Kier alpha value is -10.1. The molecule has 5 aromatic carbocycles. The molecular weight excluding hydrogens is 1320 g/mol. The number of carbonyl (C=O) groups is 5. The van der Waals surface area contributed by atoms with E-state index in [0.717, 1.165) is 0 Å². The summed E-state index contributed by atoms with van der Waals surface area (Å²) in [6.45, 7) is 10.8. The van der Waals surface area contributed by atoms with Gasteiger partial charge in [0.15, 0.2) is 5.82 Å². The third kappa shape index (κ3) is 20.5. The van der Waals surface area contributed by atoms with E-state index in [-0.39, 0.29) is 71.0 Å². The molecule has 0 bridgehead atoms. The number of ether oxygens (including phenoxy) is 8. The van der Waals surface area contributed by atoms with Crippen molar-refractivity contribution in [3.63, 3.8) is 0 Å². The van der Waals surface area contributed by atoms with Crippen LogP contribution in [0.4, 0.5) is 14.9 Å². The first-order valence-electron chi connectivity index (χ1n) is 31.9. The van der Waals surface area contributed by atoms with Gasteiger partial charge in [-0.2, -0.15) is 0 Å². The van der Waals surface area contributed by atoms with Crippen molar-refractivity contribution in [2.75, 3.05) is 97.9 Å². The number of nitrogens with one attached hydrogen (secondary N) is 3. The molecule has 26 nitrogen and oxygen atoms in total. The van der Waals surface area contributed by atoms with Crippen molar-refractivity contribution in [1.29, 1.82) is 0 Å². The number of halogens is 2. The van der Waals surface area contributed by atoms with Gasteiger partial charge in [0.1, 0.15) is 72.7 Å². The molecule has 4 N–H and O–H groups in total. The summed E-state index contributed by atoms with van der Waals surface area (Å²) in [6.07, 6.45) is 0.917. The molecule has 1 aliphatic heterocycles. The first-order valence-corrected chi connectivity index (χ1v) is 33.1. The van der Waals surface area contributed by atoms with Crippen LogP contribution >= 0.6 is 22.9 Å². The van der Waals surface area contributed by atoms with Crippen molar-refractivity contribution in [2.45, 2.75) is 65.5 Å².